The predicted molar refractivity (Wildman–Crippen MR) is 174 cm³/mol. The van der Waals surface area contributed by atoms with E-state index in [9.17, 15) is 14.4 Å². The molecule has 242 valence electrons. The fourth-order valence-corrected chi connectivity index (χ4v) is 6.67. The zero-order valence-corrected chi connectivity index (χ0v) is 27.0. The maximum absolute atomic E-state index is 13.2. The first kappa shape index (κ1) is 31.3. The third-order valence-corrected chi connectivity index (χ3v) is 9.42. The Morgan fingerprint density at radius 2 is 1.87 bits per heavy atom. The van der Waals surface area contributed by atoms with Crippen LogP contribution in [0, 0.1) is 11.8 Å². The number of ether oxygens (including phenoxy) is 1. The van der Waals surface area contributed by atoms with Crippen LogP contribution >= 0.6 is 11.3 Å². The molecule has 12 heteroatoms. The molecule has 3 aliphatic rings. The summed E-state index contributed by atoms with van der Waals surface area (Å²) < 4.78 is 11.8. The zero-order chi connectivity index (χ0) is 31.3. The molecular formula is C33H44N6O5S. The number of piperidine rings is 1. The molecule has 0 spiro atoms. The van der Waals surface area contributed by atoms with Crippen molar-refractivity contribution in [3.63, 3.8) is 0 Å². The third-order valence-electron chi connectivity index (χ3n) is 8.54. The number of furan rings is 1. The van der Waals surface area contributed by atoms with Gasteiger partial charge < -0.3 is 19.4 Å². The van der Waals surface area contributed by atoms with Gasteiger partial charge in [0.1, 0.15) is 29.7 Å². The van der Waals surface area contributed by atoms with E-state index in [1.54, 1.807) is 17.5 Å². The number of likely N-dealkylation sites (tertiary alicyclic amines) is 1. The fourth-order valence-electron chi connectivity index (χ4n) is 5.78. The topological polar surface area (TPSA) is 129 Å². The summed E-state index contributed by atoms with van der Waals surface area (Å²) in [6.45, 7) is 8.97. The molecular weight excluding hydrogens is 592 g/mol. The number of hydrogen-bond acceptors (Lipinski definition) is 9. The number of hydrazine groups is 1. The molecule has 2 saturated carbocycles. The standard InChI is InChI=1S/C33H44N6O5S/c1-21(2)19-39(24-8-9-24)33-35-27(20-45-33)31(41)37-36-30(40)26(16-22-6-7-22)34-32(42)29-18-23-17-25(10-11-28(23)44-29)43-15-14-38-12-4-3-5-13-38/h10-11,17-18,20-22,24,26H,3-9,12-16,19H2,1-2H3,(H,34,42)(H,36,40)(H,37,41)/t26-/m0/s1. The highest BCUT2D eigenvalue weighted by Crippen LogP contribution is 2.35. The first-order valence-electron chi connectivity index (χ1n) is 16.3. The highest BCUT2D eigenvalue weighted by molar-refractivity contribution is 7.14. The van der Waals surface area contributed by atoms with Crippen molar-refractivity contribution in [3.05, 3.63) is 41.1 Å². The van der Waals surface area contributed by atoms with Gasteiger partial charge in [-0.25, -0.2) is 4.98 Å². The number of rotatable bonds is 14. The lowest BCUT2D eigenvalue weighted by Gasteiger charge is -2.26. The number of aromatic nitrogens is 1. The van der Waals surface area contributed by atoms with E-state index in [1.165, 1.54) is 30.6 Å². The van der Waals surface area contributed by atoms with Crippen LogP contribution < -0.4 is 25.8 Å². The van der Waals surface area contributed by atoms with Crippen LogP contribution in [-0.4, -0.2) is 72.5 Å². The third kappa shape index (κ3) is 8.55. The summed E-state index contributed by atoms with van der Waals surface area (Å²) in [5, 5.41) is 6.10. The van der Waals surface area contributed by atoms with E-state index in [4.69, 9.17) is 9.15 Å². The fraction of sp³-hybridized carbons (Fsp3) is 0.576. The Hall–Kier alpha value is -3.64. The average Bonchev–Trinajstić information content (AvgIpc) is 3.95. The lowest BCUT2D eigenvalue weighted by atomic mass is 10.1. The lowest BCUT2D eigenvalue weighted by Crippen LogP contribution is -2.52. The second-order valence-corrected chi connectivity index (χ2v) is 13.8. The molecule has 0 unspecified atom stereocenters. The van der Waals surface area contributed by atoms with Gasteiger partial charge in [-0.05, 0) is 81.3 Å². The maximum atomic E-state index is 13.2. The van der Waals surface area contributed by atoms with Crippen LogP contribution in [0.2, 0.25) is 0 Å². The number of carbonyl (C=O) groups is 3. The zero-order valence-electron chi connectivity index (χ0n) is 26.2. The molecule has 45 heavy (non-hydrogen) atoms. The lowest BCUT2D eigenvalue weighted by molar-refractivity contribution is -0.124. The summed E-state index contributed by atoms with van der Waals surface area (Å²) in [4.78, 5) is 48.5. The van der Waals surface area contributed by atoms with E-state index >= 15 is 0 Å². The number of nitrogens with zero attached hydrogens (tertiary/aromatic N) is 3. The normalized spacial score (nSPS) is 17.7. The molecule has 3 amide bonds. The molecule has 3 N–H and O–H groups in total. The Morgan fingerprint density at radius 3 is 2.60 bits per heavy atom. The number of hydrogen-bond donors (Lipinski definition) is 3. The van der Waals surface area contributed by atoms with Gasteiger partial charge in [-0.15, -0.1) is 11.3 Å². The number of carbonyl (C=O) groups excluding carboxylic acids is 3. The number of benzene rings is 1. The summed E-state index contributed by atoms with van der Waals surface area (Å²) in [5.74, 6) is 0.210. The number of amides is 3. The SMILES string of the molecule is CC(C)CN(c1nc(C(=O)NNC(=O)[C@H](CC2CC2)NC(=O)c2cc3cc(OCCN4CCCCC4)ccc3o2)cs1)C1CC1. The van der Waals surface area contributed by atoms with Crippen LogP contribution in [0.15, 0.2) is 34.1 Å². The van der Waals surface area contributed by atoms with Crippen molar-refractivity contribution in [1.82, 2.24) is 26.1 Å². The molecule has 2 aromatic heterocycles. The molecule has 3 aromatic rings. The van der Waals surface area contributed by atoms with Crippen LogP contribution in [-0.2, 0) is 4.79 Å². The highest BCUT2D eigenvalue weighted by Gasteiger charge is 2.33. The van der Waals surface area contributed by atoms with E-state index in [0.717, 1.165) is 68.1 Å². The number of anilines is 1. The van der Waals surface area contributed by atoms with Gasteiger partial charge in [0.15, 0.2) is 10.9 Å². The van der Waals surface area contributed by atoms with Gasteiger partial charge >= 0.3 is 0 Å². The maximum Gasteiger partial charge on any atom is 0.289 e. The largest absolute Gasteiger partial charge is 0.492 e. The molecule has 3 fully saturated rings. The molecule has 2 aliphatic carbocycles. The quantitative estimate of drug-likeness (QED) is 0.217. The van der Waals surface area contributed by atoms with Gasteiger partial charge in [-0.2, -0.15) is 0 Å². The minimum absolute atomic E-state index is 0.115. The monoisotopic (exact) mass is 636 g/mol. The summed E-state index contributed by atoms with van der Waals surface area (Å²) in [5.41, 5.74) is 5.81. The highest BCUT2D eigenvalue weighted by atomic mass is 32.1. The van der Waals surface area contributed by atoms with Gasteiger partial charge in [0, 0.05) is 29.9 Å². The van der Waals surface area contributed by atoms with Gasteiger partial charge in [0.2, 0.25) is 0 Å². The van der Waals surface area contributed by atoms with Gasteiger partial charge in [-0.3, -0.25) is 30.1 Å². The van der Waals surface area contributed by atoms with Crippen molar-refractivity contribution in [1.29, 1.82) is 0 Å². The Balaban J connectivity index is 1.03. The second kappa shape index (κ2) is 14.2. The van der Waals surface area contributed by atoms with Crippen LogP contribution in [0.25, 0.3) is 11.0 Å². The van der Waals surface area contributed by atoms with Crippen molar-refractivity contribution >= 4 is 45.2 Å². The number of fused-ring (bicyclic) bond motifs is 1. The van der Waals surface area contributed by atoms with E-state index in [0.29, 0.717) is 36.5 Å². The van der Waals surface area contributed by atoms with Crippen molar-refractivity contribution in [2.45, 2.75) is 77.3 Å². The molecule has 1 atom stereocenters. The smallest absolute Gasteiger partial charge is 0.289 e. The van der Waals surface area contributed by atoms with Crippen molar-refractivity contribution in [3.8, 4) is 5.75 Å². The van der Waals surface area contributed by atoms with Gasteiger partial charge in [0.25, 0.3) is 17.7 Å². The van der Waals surface area contributed by atoms with E-state index in [2.05, 4.69) is 44.8 Å². The Kier molecular flexibility index (Phi) is 9.89. The minimum Gasteiger partial charge on any atom is -0.492 e. The van der Waals surface area contributed by atoms with E-state index < -0.39 is 23.8 Å². The van der Waals surface area contributed by atoms with Crippen molar-refractivity contribution in [2.75, 3.05) is 37.7 Å². The molecule has 0 bridgehead atoms. The first-order valence-corrected chi connectivity index (χ1v) is 17.2. The van der Waals surface area contributed by atoms with Gasteiger partial charge in [-0.1, -0.05) is 33.1 Å². The van der Waals surface area contributed by atoms with Crippen molar-refractivity contribution < 1.29 is 23.5 Å². The molecule has 6 rings (SSSR count). The summed E-state index contributed by atoms with van der Waals surface area (Å²) >= 11 is 1.44. The predicted octanol–water partition coefficient (Wildman–Crippen LogP) is 4.74. The van der Waals surface area contributed by atoms with Crippen LogP contribution in [0.4, 0.5) is 5.13 Å². The Labute approximate surface area is 268 Å². The molecule has 11 nitrogen and oxygen atoms in total. The summed E-state index contributed by atoms with van der Waals surface area (Å²) in [7, 11) is 0. The Morgan fingerprint density at radius 1 is 1.07 bits per heavy atom. The van der Waals surface area contributed by atoms with Crippen molar-refractivity contribution in [2.24, 2.45) is 11.8 Å². The molecule has 0 radical (unpaired) electrons. The van der Waals surface area contributed by atoms with Gasteiger partial charge in [0.05, 0.1) is 0 Å². The van der Waals surface area contributed by atoms with E-state index in [-0.39, 0.29) is 11.5 Å². The van der Waals surface area contributed by atoms with Crippen LogP contribution in [0.3, 0.4) is 0 Å². The Bertz CT molecular complexity index is 1490. The summed E-state index contributed by atoms with van der Waals surface area (Å²) in [6.07, 6.45) is 8.57. The minimum atomic E-state index is -0.824. The molecule has 1 aromatic carbocycles. The molecule has 1 saturated heterocycles. The molecule has 1 aliphatic heterocycles. The molecule has 3 heterocycles. The summed E-state index contributed by atoms with van der Waals surface area (Å²) in [6, 6.07) is 6.83. The second-order valence-electron chi connectivity index (χ2n) is 13.0. The number of thiazole rings is 1. The number of nitrogens with one attached hydrogen (secondary N) is 3. The van der Waals surface area contributed by atoms with E-state index in [1.807, 2.05) is 12.1 Å². The van der Waals surface area contributed by atoms with Crippen LogP contribution in [0.5, 0.6) is 5.75 Å². The van der Waals surface area contributed by atoms with Crippen LogP contribution in [0.1, 0.15) is 86.3 Å². The first-order chi connectivity index (χ1) is 21.8. The average molecular weight is 637 g/mol.